The van der Waals surface area contributed by atoms with E-state index in [4.69, 9.17) is 9.47 Å². The van der Waals surface area contributed by atoms with Gasteiger partial charge >= 0.3 is 5.69 Å². The Morgan fingerprint density at radius 2 is 2.05 bits per heavy atom. The maximum atomic E-state index is 11.0. The first-order valence-electron chi connectivity index (χ1n) is 7.32. The summed E-state index contributed by atoms with van der Waals surface area (Å²) in [7, 11) is 0. The Bertz CT molecular complexity index is 496. The van der Waals surface area contributed by atoms with E-state index in [0.717, 1.165) is 25.2 Å². The number of nitro groups is 1. The molecule has 1 N–H and O–H groups in total. The number of benzene rings is 1. The molecule has 2 atom stereocenters. The van der Waals surface area contributed by atoms with Gasteiger partial charge < -0.3 is 14.4 Å². The third-order valence-electron chi connectivity index (χ3n) is 3.64. The number of nitrogens with zero attached hydrogens (tertiary/aromatic N) is 1. The van der Waals surface area contributed by atoms with Crippen LogP contribution >= 0.6 is 0 Å². The lowest BCUT2D eigenvalue weighted by Crippen LogP contribution is -3.16. The molecule has 0 aromatic heterocycles. The van der Waals surface area contributed by atoms with E-state index in [0.29, 0.717) is 12.4 Å². The van der Waals surface area contributed by atoms with Gasteiger partial charge in [0.1, 0.15) is 38.4 Å². The van der Waals surface area contributed by atoms with E-state index < -0.39 is 4.92 Å². The van der Waals surface area contributed by atoms with Crippen LogP contribution < -0.4 is 9.64 Å². The molecule has 0 unspecified atom stereocenters. The molecule has 1 heterocycles. The second-order valence-corrected chi connectivity index (χ2v) is 5.74. The van der Waals surface area contributed by atoms with Gasteiger partial charge in [-0.05, 0) is 32.4 Å². The molecule has 1 aliphatic rings. The van der Waals surface area contributed by atoms with Gasteiger partial charge in [-0.15, -0.1) is 0 Å². The second kappa shape index (κ2) is 6.87. The molecule has 1 aliphatic heterocycles. The van der Waals surface area contributed by atoms with E-state index in [1.54, 1.807) is 12.1 Å². The molecule has 21 heavy (non-hydrogen) atoms. The fourth-order valence-corrected chi connectivity index (χ4v) is 2.79. The zero-order valence-corrected chi connectivity index (χ0v) is 12.8. The number of quaternary nitrogens is 1. The monoisotopic (exact) mass is 295 g/mol. The summed E-state index contributed by atoms with van der Waals surface area (Å²) in [5.41, 5.74) is 0.893. The Balaban J connectivity index is 1.90. The molecular formula is C15H23N2O4+. The van der Waals surface area contributed by atoms with Crippen molar-refractivity contribution in [2.24, 2.45) is 0 Å². The van der Waals surface area contributed by atoms with Crippen molar-refractivity contribution in [3.63, 3.8) is 0 Å². The van der Waals surface area contributed by atoms with Gasteiger partial charge in [0.25, 0.3) is 0 Å². The maximum absolute atomic E-state index is 11.0. The highest BCUT2D eigenvalue weighted by Gasteiger charge is 2.25. The van der Waals surface area contributed by atoms with Crippen molar-refractivity contribution in [2.45, 2.75) is 33.0 Å². The summed E-state index contributed by atoms with van der Waals surface area (Å²) in [6, 6.07) is 5.04. The van der Waals surface area contributed by atoms with Crippen molar-refractivity contribution in [1.82, 2.24) is 0 Å². The van der Waals surface area contributed by atoms with Crippen LogP contribution in [0.25, 0.3) is 0 Å². The van der Waals surface area contributed by atoms with Gasteiger partial charge in [-0.1, -0.05) is 6.07 Å². The molecule has 6 nitrogen and oxygen atoms in total. The van der Waals surface area contributed by atoms with Crippen LogP contribution in [0.4, 0.5) is 5.69 Å². The van der Waals surface area contributed by atoms with Crippen LogP contribution in [-0.2, 0) is 4.74 Å². The number of hydrogen-bond acceptors (Lipinski definition) is 4. The molecule has 1 fully saturated rings. The van der Waals surface area contributed by atoms with Gasteiger partial charge in [-0.3, -0.25) is 10.1 Å². The number of nitro benzene ring substituents is 1. The van der Waals surface area contributed by atoms with Crippen molar-refractivity contribution in [3.05, 3.63) is 33.9 Å². The molecule has 0 aliphatic carbocycles. The average Bonchev–Trinajstić information content (AvgIpc) is 2.39. The highest BCUT2D eigenvalue weighted by atomic mass is 16.6. The van der Waals surface area contributed by atoms with Crippen LogP contribution in [-0.4, -0.2) is 43.4 Å². The molecule has 6 heteroatoms. The molecule has 0 saturated carbocycles. The summed E-state index contributed by atoms with van der Waals surface area (Å²) in [6.45, 7) is 9.16. The van der Waals surface area contributed by atoms with Gasteiger partial charge in [0.05, 0.1) is 4.92 Å². The molecule has 116 valence electrons. The third kappa shape index (κ3) is 4.41. The Morgan fingerprint density at radius 3 is 2.67 bits per heavy atom. The third-order valence-corrected chi connectivity index (χ3v) is 3.64. The summed E-state index contributed by atoms with van der Waals surface area (Å²) in [5.74, 6) is 0.347. The maximum Gasteiger partial charge on any atom is 0.311 e. The number of morpholine rings is 1. The lowest BCUT2D eigenvalue weighted by molar-refractivity contribution is -0.915. The average molecular weight is 295 g/mol. The van der Waals surface area contributed by atoms with Crippen molar-refractivity contribution in [2.75, 3.05) is 26.2 Å². The first-order valence-corrected chi connectivity index (χ1v) is 7.32. The molecule has 0 amide bonds. The first kappa shape index (κ1) is 15.7. The second-order valence-electron chi connectivity index (χ2n) is 5.74. The first-order chi connectivity index (χ1) is 9.95. The number of hydrogen-bond donors (Lipinski definition) is 1. The largest absolute Gasteiger partial charge is 0.481 e. The summed E-state index contributed by atoms with van der Waals surface area (Å²) in [6.07, 6.45) is 0.495. The van der Waals surface area contributed by atoms with Crippen LogP contribution in [0.3, 0.4) is 0 Å². The molecule has 1 saturated heterocycles. The topological polar surface area (TPSA) is 66.0 Å². The summed E-state index contributed by atoms with van der Waals surface area (Å²) < 4.78 is 11.3. The normalized spacial score (nSPS) is 25.6. The number of ether oxygens (including phenoxy) is 2. The van der Waals surface area contributed by atoms with Crippen LogP contribution in [0.1, 0.15) is 19.4 Å². The van der Waals surface area contributed by atoms with E-state index in [1.807, 2.05) is 13.0 Å². The summed E-state index contributed by atoms with van der Waals surface area (Å²) >= 11 is 0. The van der Waals surface area contributed by atoms with E-state index >= 15 is 0 Å². The number of rotatable bonds is 5. The smallest absolute Gasteiger partial charge is 0.311 e. The number of nitrogens with one attached hydrogen (secondary N) is 1. The highest BCUT2D eigenvalue weighted by molar-refractivity contribution is 5.48. The van der Waals surface area contributed by atoms with Crippen LogP contribution in [0.2, 0.25) is 0 Å². The van der Waals surface area contributed by atoms with Gasteiger partial charge in [-0.25, -0.2) is 0 Å². The van der Waals surface area contributed by atoms with Gasteiger partial charge in [0.2, 0.25) is 0 Å². The zero-order chi connectivity index (χ0) is 15.4. The fraction of sp³-hybridized carbons (Fsp3) is 0.600. The van der Waals surface area contributed by atoms with Crippen LogP contribution in [0.15, 0.2) is 18.2 Å². The Kier molecular flexibility index (Phi) is 5.14. The van der Waals surface area contributed by atoms with Crippen molar-refractivity contribution in [3.8, 4) is 5.75 Å². The van der Waals surface area contributed by atoms with Gasteiger partial charge in [0.15, 0.2) is 5.75 Å². The van der Waals surface area contributed by atoms with E-state index in [2.05, 4.69) is 13.8 Å². The fourth-order valence-electron chi connectivity index (χ4n) is 2.79. The molecule has 0 spiro atoms. The van der Waals surface area contributed by atoms with E-state index in [1.165, 1.54) is 4.90 Å². The van der Waals surface area contributed by atoms with Crippen molar-refractivity contribution < 1.29 is 19.3 Å². The summed E-state index contributed by atoms with van der Waals surface area (Å²) in [4.78, 5) is 12.0. The van der Waals surface area contributed by atoms with Crippen molar-refractivity contribution in [1.29, 1.82) is 0 Å². The standard InChI is InChI=1S/C15H22N2O4/c1-11-4-5-15(14(8-11)17(18)19)20-7-6-16-9-12(2)21-13(3)10-16/h4-5,8,12-13H,6-7,9-10H2,1-3H3/p+1/t12-,13-/m0/s1. The number of aryl methyl sites for hydroxylation is 1. The lowest BCUT2D eigenvalue weighted by Gasteiger charge is -2.32. The van der Waals surface area contributed by atoms with Crippen LogP contribution in [0.5, 0.6) is 5.75 Å². The summed E-state index contributed by atoms with van der Waals surface area (Å²) in [5, 5.41) is 11.0. The minimum atomic E-state index is -0.395. The van der Waals surface area contributed by atoms with Gasteiger partial charge in [-0.2, -0.15) is 0 Å². The van der Waals surface area contributed by atoms with Crippen LogP contribution in [0, 0.1) is 17.0 Å². The van der Waals surface area contributed by atoms with E-state index in [-0.39, 0.29) is 17.9 Å². The molecule has 2 rings (SSSR count). The lowest BCUT2D eigenvalue weighted by atomic mass is 10.2. The predicted octanol–water partition coefficient (Wildman–Crippen LogP) is 0.974. The minimum absolute atomic E-state index is 0.0358. The molecule has 1 aromatic carbocycles. The molecule has 0 radical (unpaired) electrons. The molecule has 1 aromatic rings. The van der Waals surface area contributed by atoms with E-state index in [9.17, 15) is 10.1 Å². The Morgan fingerprint density at radius 1 is 1.38 bits per heavy atom. The molecule has 0 bridgehead atoms. The highest BCUT2D eigenvalue weighted by Crippen LogP contribution is 2.27. The van der Waals surface area contributed by atoms with Crippen molar-refractivity contribution >= 4 is 5.69 Å². The SMILES string of the molecule is Cc1ccc(OCC[NH+]2C[C@H](C)O[C@@H](C)C2)c([N+](=O)[O-])c1. The predicted molar refractivity (Wildman–Crippen MR) is 78.9 cm³/mol. The minimum Gasteiger partial charge on any atom is -0.481 e. The molecular weight excluding hydrogens is 272 g/mol. The quantitative estimate of drug-likeness (QED) is 0.649. The van der Waals surface area contributed by atoms with Gasteiger partial charge in [0, 0.05) is 6.07 Å². The Labute approximate surface area is 124 Å². The Hall–Kier alpha value is -1.66. The zero-order valence-electron chi connectivity index (χ0n) is 12.8.